The molecule has 1 aromatic carbocycles. The molecule has 0 spiro atoms. The van der Waals surface area contributed by atoms with Gasteiger partial charge in [-0.05, 0) is 51.2 Å². The molecule has 1 N–H and O–H groups in total. The zero-order valence-electron chi connectivity index (χ0n) is 11.7. The fourth-order valence-electron chi connectivity index (χ4n) is 2.56. The van der Waals surface area contributed by atoms with Gasteiger partial charge in [0.25, 0.3) is 0 Å². The third-order valence-electron chi connectivity index (χ3n) is 3.88. The molecule has 1 unspecified atom stereocenters. The number of hydrogen-bond acceptors (Lipinski definition) is 1. The Labute approximate surface area is 110 Å². The quantitative estimate of drug-likeness (QED) is 0.847. The Morgan fingerprint density at radius 3 is 2.44 bits per heavy atom. The molecule has 2 heteroatoms. The maximum Gasteiger partial charge on any atom is 0.126 e. The largest absolute Gasteiger partial charge is 0.311 e. The van der Waals surface area contributed by atoms with Crippen LogP contribution in [0.4, 0.5) is 4.39 Å². The van der Waals surface area contributed by atoms with Crippen LogP contribution in [0.25, 0.3) is 0 Å². The summed E-state index contributed by atoms with van der Waals surface area (Å²) >= 11 is 0. The Balaban J connectivity index is 2.12. The second-order valence-corrected chi connectivity index (χ2v) is 6.45. The maximum atomic E-state index is 14.0. The number of hydrogen-bond donors (Lipinski definition) is 1. The van der Waals surface area contributed by atoms with E-state index >= 15 is 0 Å². The van der Waals surface area contributed by atoms with Gasteiger partial charge in [0.15, 0.2) is 0 Å². The molecule has 1 saturated carbocycles. The van der Waals surface area contributed by atoms with E-state index in [1.54, 1.807) is 12.1 Å². The van der Waals surface area contributed by atoms with E-state index in [4.69, 9.17) is 0 Å². The Kier molecular flexibility index (Phi) is 4.06. The summed E-state index contributed by atoms with van der Waals surface area (Å²) in [6, 6.07) is 7.25. The van der Waals surface area contributed by atoms with Crippen LogP contribution in [0, 0.1) is 11.7 Å². The first-order valence-electron chi connectivity index (χ1n) is 6.97. The van der Waals surface area contributed by atoms with E-state index in [1.807, 2.05) is 12.1 Å². The molecule has 1 atom stereocenters. The van der Waals surface area contributed by atoms with Crippen molar-refractivity contribution in [3.8, 4) is 0 Å². The lowest BCUT2D eigenvalue weighted by molar-refractivity contribution is 0.239. The summed E-state index contributed by atoms with van der Waals surface area (Å²) < 4.78 is 14.0. The van der Waals surface area contributed by atoms with Crippen LogP contribution in [0.5, 0.6) is 0 Å². The lowest BCUT2D eigenvalue weighted by atomic mass is 9.72. The van der Waals surface area contributed by atoms with Crippen LogP contribution in [0.3, 0.4) is 0 Å². The van der Waals surface area contributed by atoms with E-state index in [1.165, 1.54) is 19.3 Å². The molecule has 0 radical (unpaired) electrons. The van der Waals surface area contributed by atoms with Gasteiger partial charge in [0.1, 0.15) is 5.82 Å². The Bertz CT molecular complexity index is 390. The summed E-state index contributed by atoms with van der Waals surface area (Å²) in [7, 11) is 0. The third-order valence-corrected chi connectivity index (χ3v) is 3.88. The molecule has 0 heterocycles. The first kappa shape index (κ1) is 13.5. The van der Waals surface area contributed by atoms with Crippen LogP contribution in [-0.2, 0) is 0 Å². The minimum absolute atomic E-state index is 0.0508. The van der Waals surface area contributed by atoms with Crippen LogP contribution in [0.15, 0.2) is 24.3 Å². The van der Waals surface area contributed by atoms with Crippen molar-refractivity contribution in [2.24, 2.45) is 5.92 Å². The second kappa shape index (κ2) is 5.40. The summed E-state index contributed by atoms with van der Waals surface area (Å²) in [5.74, 6) is 0.918. The molecule has 0 aromatic heterocycles. The average Bonchev–Trinajstić information content (AvgIpc) is 2.21. The van der Waals surface area contributed by atoms with E-state index in [-0.39, 0.29) is 11.4 Å². The van der Waals surface area contributed by atoms with Crippen molar-refractivity contribution in [2.75, 3.05) is 6.54 Å². The van der Waals surface area contributed by atoms with Crippen molar-refractivity contribution in [1.82, 2.24) is 5.32 Å². The molecule has 0 saturated heterocycles. The first-order valence-corrected chi connectivity index (χ1v) is 6.97. The Morgan fingerprint density at radius 2 is 1.94 bits per heavy atom. The Morgan fingerprint density at radius 1 is 1.28 bits per heavy atom. The second-order valence-electron chi connectivity index (χ2n) is 6.45. The third kappa shape index (κ3) is 3.32. The van der Waals surface area contributed by atoms with Crippen LogP contribution in [0.1, 0.15) is 51.5 Å². The van der Waals surface area contributed by atoms with Gasteiger partial charge in [-0.25, -0.2) is 4.39 Å². The van der Waals surface area contributed by atoms with E-state index in [0.29, 0.717) is 11.8 Å². The molecule has 0 aliphatic heterocycles. The first-order chi connectivity index (χ1) is 8.47. The average molecular weight is 249 g/mol. The lowest BCUT2D eigenvalue weighted by Gasteiger charge is -2.36. The minimum Gasteiger partial charge on any atom is -0.311 e. The number of rotatable bonds is 4. The van der Waals surface area contributed by atoms with Crippen molar-refractivity contribution in [2.45, 2.75) is 51.5 Å². The van der Waals surface area contributed by atoms with E-state index < -0.39 is 0 Å². The van der Waals surface area contributed by atoms with Gasteiger partial charge in [-0.2, -0.15) is 0 Å². The molecule has 1 aliphatic rings. The van der Waals surface area contributed by atoms with Crippen LogP contribution in [0.2, 0.25) is 0 Å². The topological polar surface area (TPSA) is 12.0 Å². The normalized spacial score (nSPS) is 18.4. The SMILES string of the molecule is CC(C)(C)NCC(c1ccccc1F)C1CCC1. The maximum absolute atomic E-state index is 14.0. The predicted molar refractivity (Wildman–Crippen MR) is 74.2 cm³/mol. The molecule has 0 bridgehead atoms. The molecule has 2 rings (SSSR count). The van der Waals surface area contributed by atoms with E-state index in [9.17, 15) is 4.39 Å². The van der Waals surface area contributed by atoms with Gasteiger partial charge in [-0.3, -0.25) is 0 Å². The molecule has 1 fully saturated rings. The summed E-state index contributed by atoms with van der Waals surface area (Å²) in [6.07, 6.45) is 3.78. The lowest BCUT2D eigenvalue weighted by Crippen LogP contribution is -2.41. The van der Waals surface area contributed by atoms with Crippen molar-refractivity contribution < 1.29 is 4.39 Å². The molecule has 100 valence electrons. The van der Waals surface area contributed by atoms with E-state index in [0.717, 1.165) is 12.1 Å². The van der Waals surface area contributed by atoms with Crippen LogP contribution in [-0.4, -0.2) is 12.1 Å². The van der Waals surface area contributed by atoms with Crippen molar-refractivity contribution >= 4 is 0 Å². The highest BCUT2D eigenvalue weighted by Crippen LogP contribution is 2.39. The van der Waals surface area contributed by atoms with Gasteiger partial charge in [0, 0.05) is 18.0 Å². The minimum atomic E-state index is -0.0508. The summed E-state index contributed by atoms with van der Waals surface area (Å²) in [5, 5.41) is 3.53. The van der Waals surface area contributed by atoms with Crippen molar-refractivity contribution in [3.05, 3.63) is 35.6 Å². The predicted octanol–water partition coefficient (Wildman–Crippen LogP) is 4.10. The highest BCUT2D eigenvalue weighted by molar-refractivity contribution is 5.23. The van der Waals surface area contributed by atoms with Crippen LogP contribution < -0.4 is 5.32 Å². The number of halogens is 1. The van der Waals surface area contributed by atoms with Gasteiger partial charge < -0.3 is 5.32 Å². The molecular weight excluding hydrogens is 225 g/mol. The fraction of sp³-hybridized carbons (Fsp3) is 0.625. The highest BCUT2D eigenvalue weighted by atomic mass is 19.1. The summed E-state index contributed by atoms with van der Waals surface area (Å²) in [4.78, 5) is 0. The van der Waals surface area contributed by atoms with Gasteiger partial charge in [-0.1, -0.05) is 24.6 Å². The zero-order valence-corrected chi connectivity index (χ0v) is 11.7. The molecular formula is C16H24FN. The standard InChI is InChI=1S/C16H24FN/c1-16(2,3)18-11-14(12-7-6-8-12)13-9-4-5-10-15(13)17/h4-5,9-10,12,14,18H,6-8,11H2,1-3H3. The summed E-state index contributed by atoms with van der Waals surface area (Å²) in [6.45, 7) is 7.35. The molecule has 1 nitrogen and oxygen atoms in total. The highest BCUT2D eigenvalue weighted by Gasteiger charge is 2.30. The molecule has 18 heavy (non-hydrogen) atoms. The Hall–Kier alpha value is -0.890. The van der Waals surface area contributed by atoms with Gasteiger partial charge >= 0.3 is 0 Å². The van der Waals surface area contributed by atoms with Crippen molar-refractivity contribution in [3.63, 3.8) is 0 Å². The number of nitrogens with one attached hydrogen (secondary N) is 1. The molecule has 0 amide bonds. The number of benzene rings is 1. The van der Waals surface area contributed by atoms with Gasteiger partial charge in [0.05, 0.1) is 0 Å². The molecule has 1 aromatic rings. The zero-order chi connectivity index (χ0) is 13.2. The fourth-order valence-corrected chi connectivity index (χ4v) is 2.56. The van der Waals surface area contributed by atoms with Crippen LogP contribution >= 0.6 is 0 Å². The smallest absolute Gasteiger partial charge is 0.126 e. The summed E-state index contributed by atoms with van der Waals surface area (Å²) in [5.41, 5.74) is 0.978. The van der Waals surface area contributed by atoms with Crippen molar-refractivity contribution in [1.29, 1.82) is 0 Å². The monoisotopic (exact) mass is 249 g/mol. The molecule has 1 aliphatic carbocycles. The van der Waals surface area contributed by atoms with E-state index in [2.05, 4.69) is 26.1 Å². The van der Waals surface area contributed by atoms with Gasteiger partial charge in [-0.15, -0.1) is 0 Å². The van der Waals surface area contributed by atoms with Gasteiger partial charge in [0.2, 0.25) is 0 Å².